The van der Waals surface area contributed by atoms with E-state index in [1.54, 1.807) is 0 Å². The Morgan fingerprint density at radius 2 is 1.91 bits per heavy atom. The molecule has 23 heavy (non-hydrogen) atoms. The van der Waals surface area contributed by atoms with Crippen LogP contribution in [0.15, 0.2) is 42.7 Å². The highest BCUT2D eigenvalue weighted by Crippen LogP contribution is 2.28. The predicted octanol–water partition coefficient (Wildman–Crippen LogP) is 3.29. The Hall–Kier alpha value is -2.95. The van der Waals surface area contributed by atoms with E-state index in [0.29, 0.717) is 5.56 Å². The van der Waals surface area contributed by atoms with Gasteiger partial charge in [0.15, 0.2) is 5.78 Å². The average Bonchev–Trinajstić information content (AvgIpc) is 2.85. The zero-order valence-electron chi connectivity index (χ0n) is 12.9. The number of carbonyl (C=O) groups excluding carboxylic acids is 1. The largest absolute Gasteiger partial charge is 0.478 e. The number of aromatic carboxylic acids is 1. The molecule has 0 bridgehead atoms. The van der Waals surface area contributed by atoms with Crippen LogP contribution in [-0.2, 0) is 6.54 Å². The van der Waals surface area contributed by atoms with Gasteiger partial charge < -0.3 is 9.67 Å². The number of ketones is 1. The van der Waals surface area contributed by atoms with Crippen molar-refractivity contribution in [1.82, 2.24) is 9.55 Å². The van der Waals surface area contributed by atoms with Gasteiger partial charge in [0, 0.05) is 41.1 Å². The summed E-state index contributed by atoms with van der Waals surface area (Å²) >= 11 is 0. The molecule has 0 unspecified atom stereocenters. The van der Waals surface area contributed by atoms with Crippen molar-refractivity contribution in [3.63, 3.8) is 0 Å². The van der Waals surface area contributed by atoms with Gasteiger partial charge >= 0.3 is 5.97 Å². The topological polar surface area (TPSA) is 72.2 Å². The van der Waals surface area contributed by atoms with Gasteiger partial charge in [0.25, 0.3) is 0 Å². The van der Waals surface area contributed by atoms with Gasteiger partial charge in [-0.1, -0.05) is 18.2 Å². The molecule has 1 aromatic carbocycles. The molecule has 0 spiro atoms. The van der Waals surface area contributed by atoms with Gasteiger partial charge in [-0.2, -0.15) is 0 Å². The maximum absolute atomic E-state index is 13.0. The molecule has 0 saturated carbocycles. The predicted molar refractivity (Wildman–Crippen MR) is 87.0 cm³/mol. The van der Waals surface area contributed by atoms with E-state index in [1.165, 1.54) is 18.5 Å². The Bertz CT molecular complexity index is 925. The monoisotopic (exact) mass is 308 g/mol. The number of rotatable bonds is 4. The Morgan fingerprint density at radius 3 is 2.61 bits per heavy atom. The third-order valence-corrected chi connectivity index (χ3v) is 4.07. The Kier molecular flexibility index (Phi) is 3.70. The molecule has 0 fully saturated rings. The zero-order valence-corrected chi connectivity index (χ0v) is 12.9. The highest BCUT2D eigenvalue weighted by atomic mass is 16.4. The molecular weight excluding hydrogens is 292 g/mol. The fourth-order valence-corrected chi connectivity index (χ4v) is 3.02. The first-order valence-corrected chi connectivity index (χ1v) is 7.36. The lowest BCUT2D eigenvalue weighted by molar-refractivity contribution is 0.0692. The van der Waals surface area contributed by atoms with E-state index in [9.17, 15) is 14.7 Å². The molecule has 0 saturated heterocycles. The molecule has 3 rings (SSSR count). The molecule has 0 atom stereocenters. The molecule has 116 valence electrons. The molecule has 1 N–H and O–H groups in total. The lowest BCUT2D eigenvalue weighted by atomic mass is 9.98. The molecule has 0 radical (unpaired) electrons. The summed E-state index contributed by atoms with van der Waals surface area (Å²) in [6.45, 7) is 4.64. The Balaban J connectivity index is 2.28. The molecule has 5 nitrogen and oxygen atoms in total. The van der Waals surface area contributed by atoms with Crippen molar-refractivity contribution in [2.24, 2.45) is 0 Å². The SMILES string of the molecule is CCn1c(C)c(C(=O)c2ccncc2C(=O)O)c2ccccc21. The first kappa shape index (κ1) is 15.0. The van der Waals surface area contributed by atoms with Crippen LogP contribution in [0.1, 0.15) is 38.9 Å². The summed E-state index contributed by atoms with van der Waals surface area (Å²) in [4.78, 5) is 28.2. The van der Waals surface area contributed by atoms with Crippen molar-refractivity contribution in [2.45, 2.75) is 20.4 Å². The fraction of sp³-hybridized carbons (Fsp3) is 0.167. The summed E-state index contributed by atoms with van der Waals surface area (Å²) in [7, 11) is 0. The van der Waals surface area contributed by atoms with Crippen molar-refractivity contribution in [3.05, 3.63) is 65.1 Å². The van der Waals surface area contributed by atoms with E-state index in [2.05, 4.69) is 9.55 Å². The van der Waals surface area contributed by atoms with E-state index >= 15 is 0 Å². The summed E-state index contributed by atoms with van der Waals surface area (Å²) in [6.07, 6.45) is 2.65. The number of aryl methyl sites for hydroxylation is 1. The minimum atomic E-state index is -1.15. The molecule has 2 aromatic heterocycles. The van der Waals surface area contributed by atoms with Crippen LogP contribution in [0.4, 0.5) is 0 Å². The van der Waals surface area contributed by atoms with Crippen LogP contribution < -0.4 is 0 Å². The maximum atomic E-state index is 13.0. The van der Waals surface area contributed by atoms with Crippen LogP contribution >= 0.6 is 0 Å². The van der Waals surface area contributed by atoms with Gasteiger partial charge in [0.1, 0.15) is 0 Å². The van der Waals surface area contributed by atoms with Crippen molar-refractivity contribution >= 4 is 22.7 Å². The lowest BCUT2D eigenvalue weighted by Crippen LogP contribution is -2.11. The number of carboxylic acids is 1. The van der Waals surface area contributed by atoms with E-state index in [4.69, 9.17) is 0 Å². The normalized spacial score (nSPS) is 10.9. The number of hydrogen-bond acceptors (Lipinski definition) is 3. The zero-order chi connectivity index (χ0) is 16.6. The second kappa shape index (κ2) is 5.68. The van der Waals surface area contributed by atoms with Crippen molar-refractivity contribution < 1.29 is 14.7 Å². The second-order valence-corrected chi connectivity index (χ2v) is 5.28. The third-order valence-electron chi connectivity index (χ3n) is 4.07. The number of aromatic nitrogens is 2. The van der Waals surface area contributed by atoms with E-state index in [1.807, 2.05) is 38.1 Å². The molecule has 0 aliphatic heterocycles. The van der Waals surface area contributed by atoms with Crippen molar-refractivity contribution in [2.75, 3.05) is 0 Å². The van der Waals surface area contributed by atoms with E-state index in [-0.39, 0.29) is 16.9 Å². The fourth-order valence-electron chi connectivity index (χ4n) is 3.02. The van der Waals surface area contributed by atoms with E-state index in [0.717, 1.165) is 23.1 Å². The first-order valence-electron chi connectivity index (χ1n) is 7.36. The average molecular weight is 308 g/mol. The van der Waals surface area contributed by atoms with Crippen LogP contribution in [0.5, 0.6) is 0 Å². The van der Waals surface area contributed by atoms with Gasteiger partial charge in [-0.05, 0) is 26.0 Å². The molecular formula is C18H16N2O3. The number of benzene rings is 1. The number of nitrogens with zero attached hydrogens (tertiary/aromatic N) is 2. The summed E-state index contributed by atoms with van der Waals surface area (Å²) in [5, 5.41) is 10.1. The number of para-hydroxylation sites is 1. The molecule has 2 heterocycles. The minimum absolute atomic E-state index is 0.0785. The molecule has 3 aromatic rings. The Morgan fingerprint density at radius 1 is 1.17 bits per heavy atom. The van der Waals surface area contributed by atoms with Crippen molar-refractivity contribution in [3.8, 4) is 0 Å². The second-order valence-electron chi connectivity index (χ2n) is 5.28. The number of fused-ring (bicyclic) bond motifs is 1. The minimum Gasteiger partial charge on any atom is -0.478 e. The van der Waals surface area contributed by atoms with Crippen molar-refractivity contribution in [1.29, 1.82) is 0 Å². The van der Waals surface area contributed by atoms with Gasteiger partial charge in [-0.15, -0.1) is 0 Å². The Labute approximate surface area is 133 Å². The van der Waals surface area contributed by atoms with Crippen LogP contribution in [0, 0.1) is 6.92 Å². The summed E-state index contributed by atoms with van der Waals surface area (Å²) in [6, 6.07) is 9.13. The van der Waals surface area contributed by atoms with Gasteiger partial charge in [-0.25, -0.2) is 4.79 Å². The molecule has 0 aliphatic carbocycles. The number of hydrogen-bond donors (Lipinski definition) is 1. The standard InChI is InChI=1S/C18H16N2O3/c1-3-20-11(2)16(13-6-4-5-7-15(13)20)17(21)12-8-9-19-10-14(12)18(22)23/h4-10H,3H2,1-2H3,(H,22,23). The van der Waals surface area contributed by atoms with Crippen LogP contribution in [0.3, 0.4) is 0 Å². The molecule has 0 aliphatic rings. The smallest absolute Gasteiger partial charge is 0.338 e. The maximum Gasteiger partial charge on any atom is 0.338 e. The summed E-state index contributed by atoms with van der Waals surface area (Å²) in [5.41, 5.74) is 2.45. The molecule has 0 amide bonds. The summed E-state index contributed by atoms with van der Waals surface area (Å²) < 4.78 is 2.06. The first-order chi connectivity index (χ1) is 11.1. The molecule has 5 heteroatoms. The summed E-state index contributed by atoms with van der Waals surface area (Å²) in [5.74, 6) is -1.44. The highest BCUT2D eigenvalue weighted by Gasteiger charge is 2.24. The van der Waals surface area contributed by atoms with Gasteiger partial charge in [0.05, 0.1) is 11.1 Å². The quantitative estimate of drug-likeness (QED) is 0.751. The van der Waals surface area contributed by atoms with Gasteiger partial charge in [0.2, 0.25) is 0 Å². The number of pyridine rings is 1. The number of carboxylic acid groups (broad SMARTS) is 1. The third kappa shape index (κ3) is 2.30. The van der Waals surface area contributed by atoms with Crippen LogP contribution in [0.2, 0.25) is 0 Å². The number of carbonyl (C=O) groups is 2. The van der Waals surface area contributed by atoms with E-state index < -0.39 is 5.97 Å². The van der Waals surface area contributed by atoms with Crippen LogP contribution in [-0.4, -0.2) is 26.4 Å². The van der Waals surface area contributed by atoms with Gasteiger partial charge in [-0.3, -0.25) is 9.78 Å². The lowest BCUT2D eigenvalue weighted by Gasteiger charge is -2.06. The highest BCUT2D eigenvalue weighted by molar-refractivity contribution is 6.20. The van der Waals surface area contributed by atoms with Crippen LogP contribution in [0.25, 0.3) is 10.9 Å².